The smallest absolute Gasteiger partial charge is 0.255 e. The maximum absolute atomic E-state index is 13.7. The summed E-state index contributed by atoms with van der Waals surface area (Å²) in [6.07, 6.45) is 0.187. The SMILES string of the molecule is CC1=C(C(=O)Nc2ccccc2)[C@H](c2ccc(C(C)C)cc2)N2C(CC(=O)NCc3ccccc3)=CSC2=N1. The van der Waals surface area contributed by atoms with Gasteiger partial charge >= 0.3 is 0 Å². The van der Waals surface area contributed by atoms with E-state index in [1.807, 2.05) is 77.9 Å². The van der Waals surface area contributed by atoms with Gasteiger partial charge in [-0.05, 0) is 47.1 Å². The molecule has 6 nitrogen and oxygen atoms in total. The third kappa shape index (κ3) is 5.99. The van der Waals surface area contributed by atoms with Crippen LogP contribution in [0.3, 0.4) is 0 Å². The van der Waals surface area contributed by atoms with Gasteiger partial charge in [-0.1, -0.05) is 98.4 Å². The lowest BCUT2D eigenvalue weighted by Crippen LogP contribution is -2.38. The van der Waals surface area contributed by atoms with Crippen LogP contribution in [0.4, 0.5) is 5.69 Å². The Balaban J connectivity index is 1.44. The van der Waals surface area contributed by atoms with E-state index in [4.69, 9.17) is 4.99 Å². The zero-order chi connectivity index (χ0) is 27.4. The summed E-state index contributed by atoms with van der Waals surface area (Å²) in [6, 6.07) is 27.3. The molecule has 1 atom stereocenters. The lowest BCUT2D eigenvalue weighted by molar-refractivity contribution is -0.120. The molecule has 7 heteroatoms. The number of nitrogens with zero attached hydrogens (tertiary/aromatic N) is 2. The summed E-state index contributed by atoms with van der Waals surface area (Å²) in [4.78, 5) is 33.6. The van der Waals surface area contributed by atoms with Gasteiger partial charge in [0.2, 0.25) is 5.91 Å². The van der Waals surface area contributed by atoms with Gasteiger partial charge < -0.3 is 15.5 Å². The molecule has 5 rings (SSSR count). The van der Waals surface area contributed by atoms with Crippen LogP contribution in [0.15, 0.2) is 112 Å². The number of allylic oxidation sites excluding steroid dienone is 1. The van der Waals surface area contributed by atoms with Crippen LogP contribution < -0.4 is 10.6 Å². The Hall–Kier alpha value is -4.10. The number of aliphatic imine (C=N–C) groups is 1. The van der Waals surface area contributed by atoms with E-state index in [-0.39, 0.29) is 18.2 Å². The molecule has 2 N–H and O–H groups in total. The van der Waals surface area contributed by atoms with Gasteiger partial charge in [0.15, 0.2) is 5.17 Å². The number of fused-ring (bicyclic) bond motifs is 1. The van der Waals surface area contributed by atoms with Crippen LogP contribution in [0.1, 0.15) is 55.8 Å². The van der Waals surface area contributed by atoms with Crippen LogP contribution in [0.2, 0.25) is 0 Å². The molecule has 0 spiro atoms. The fourth-order valence-corrected chi connectivity index (χ4v) is 5.75. The van der Waals surface area contributed by atoms with Crippen LogP contribution in [-0.4, -0.2) is 21.9 Å². The molecule has 0 saturated carbocycles. The maximum atomic E-state index is 13.7. The van der Waals surface area contributed by atoms with Gasteiger partial charge in [0.05, 0.1) is 23.7 Å². The molecule has 0 radical (unpaired) electrons. The van der Waals surface area contributed by atoms with Gasteiger partial charge in [-0.15, -0.1) is 0 Å². The zero-order valence-electron chi connectivity index (χ0n) is 22.3. The predicted octanol–water partition coefficient (Wildman–Crippen LogP) is 6.73. The largest absolute Gasteiger partial charge is 0.352 e. The highest BCUT2D eigenvalue weighted by atomic mass is 32.2. The van der Waals surface area contributed by atoms with Gasteiger partial charge in [0.25, 0.3) is 5.91 Å². The van der Waals surface area contributed by atoms with Gasteiger partial charge in [-0.25, -0.2) is 4.99 Å². The minimum absolute atomic E-state index is 0.0811. The van der Waals surface area contributed by atoms with Crippen LogP contribution in [0.5, 0.6) is 0 Å². The molecule has 198 valence electrons. The van der Waals surface area contributed by atoms with E-state index in [1.54, 1.807) is 0 Å². The second-order valence-corrected chi connectivity index (χ2v) is 10.8. The number of hydrogen-bond donors (Lipinski definition) is 2. The van der Waals surface area contributed by atoms with Crippen molar-refractivity contribution in [3.8, 4) is 0 Å². The molecular weight excluding hydrogens is 504 g/mol. The van der Waals surface area contributed by atoms with Crippen molar-refractivity contribution >= 4 is 34.4 Å². The lowest BCUT2D eigenvalue weighted by atomic mass is 9.91. The fourth-order valence-electron chi connectivity index (χ4n) is 4.78. The molecular formula is C32H32N4O2S. The van der Waals surface area contributed by atoms with Crippen LogP contribution >= 0.6 is 11.8 Å². The van der Waals surface area contributed by atoms with Crippen molar-refractivity contribution in [2.45, 2.75) is 45.7 Å². The molecule has 2 amide bonds. The topological polar surface area (TPSA) is 73.8 Å². The van der Waals surface area contributed by atoms with Crippen LogP contribution in [0.25, 0.3) is 0 Å². The van der Waals surface area contributed by atoms with E-state index >= 15 is 0 Å². The van der Waals surface area contributed by atoms with Gasteiger partial charge in [0.1, 0.15) is 0 Å². The number of thioether (sulfide) groups is 1. The van der Waals surface area contributed by atoms with Gasteiger partial charge in [-0.2, -0.15) is 0 Å². The Morgan fingerprint density at radius 3 is 2.28 bits per heavy atom. The molecule has 0 unspecified atom stereocenters. The quantitative estimate of drug-likeness (QED) is 0.335. The number of anilines is 1. The number of amides is 2. The lowest BCUT2D eigenvalue weighted by Gasteiger charge is -2.36. The van der Waals surface area contributed by atoms with E-state index < -0.39 is 6.04 Å². The van der Waals surface area contributed by atoms with Gasteiger partial charge in [0, 0.05) is 17.9 Å². The summed E-state index contributed by atoms with van der Waals surface area (Å²) in [7, 11) is 0. The number of carbonyl (C=O) groups excluding carboxylic acids is 2. The average molecular weight is 537 g/mol. The van der Waals surface area contributed by atoms with Crippen LogP contribution in [0, 0.1) is 0 Å². The molecule has 0 aliphatic carbocycles. The molecule has 0 aromatic heterocycles. The fraction of sp³-hybridized carbons (Fsp3) is 0.219. The predicted molar refractivity (Wildman–Crippen MR) is 159 cm³/mol. The van der Waals surface area contributed by atoms with Crippen molar-refractivity contribution in [2.75, 3.05) is 5.32 Å². The highest BCUT2D eigenvalue weighted by Gasteiger charge is 2.40. The number of carbonyl (C=O) groups is 2. The first-order chi connectivity index (χ1) is 18.9. The number of para-hydroxylation sites is 1. The third-order valence-electron chi connectivity index (χ3n) is 6.87. The second-order valence-electron chi connectivity index (χ2n) is 9.97. The Bertz CT molecular complexity index is 1440. The van der Waals surface area contributed by atoms with E-state index in [9.17, 15) is 9.59 Å². The molecule has 0 bridgehead atoms. The number of benzene rings is 3. The molecule has 39 heavy (non-hydrogen) atoms. The summed E-state index contributed by atoms with van der Waals surface area (Å²) in [5.41, 5.74) is 6.02. The minimum Gasteiger partial charge on any atom is -0.352 e. The number of hydrogen-bond acceptors (Lipinski definition) is 5. The standard InChI is InChI=1S/C32H32N4O2S/c1-21(2)24-14-16-25(17-15-24)30-29(31(38)35-26-12-8-5-9-13-26)22(3)34-32-36(30)27(20-39-32)18-28(37)33-19-23-10-6-4-7-11-23/h4-17,20-21,30H,18-19H2,1-3H3,(H,33,37)(H,35,38)/t30-/m0/s1. The molecule has 0 saturated heterocycles. The van der Waals surface area contributed by atoms with Crippen molar-refractivity contribution in [1.82, 2.24) is 10.2 Å². The van der Waals surface area contributed by atoms with Crippen molar-refractivity contribution < 1.29 is 9.59 Å². The normalized spacial score (nSPS) is 16.5. The Kier molecular flexibility index (Phi) is 7.98. The minimum atomic E-state index is -0.411. The first-order valence-corrected chi connectivity index (χ1v) is 14.0. The second kappa shape index (κ2) is 11.7. The highest BCUT2D eigenvalue weighted by Crippen LogP contribution is 2.45. The number of nitrogens with one attached hydrogen (secondary N) is 2. The van der Waals surface area contributed by atoms with Crippen molar-refractivity contribution in [3.63, 3.8) is 0 Å². The molecule has 2 aliphatic rings. The highest BCUT2D eigenvalue weighted by molar-refractivity contribution is 8.16. The van der Waals surface area contributed by atoms with Crippen LogP contribution in [-0.2, 0) is 16.1 Å². The van der Waals surface area contributed by atoms with Crippen molar-refractivity contribution in [1.29, 1.82) is 0 Å². The molecule has 2 heterocycles. The molecule has 2 aliphatic heterocycles. The third-order valence-corrected chi connectivity index (χ3v) is 7.76. The maximum Gasteiger partial charge on any atom is 0.255 e. The molecule has 3 aromatic rings. The average Bonchev–Trinajstić information content (AvgIpc) is 3.33. The first kappa shape index (κ1) is 26.5. The van der Waals surface area contributed by atoms with Crippen molar-refractivity contribution in [3.05, 3.63) is 124 Å². The van der Waals surface area contributed by atoms with E-state index in [1.165, 1.54) is 17.3 Å². The summed E-state index contributed by atoms with van der Waals surface area (Å²) < 4.78 is 0. The Labute approximate surface area is 233 Å². The summed E-state index contributed by atoms with van der Waals surface area (Å²) in [6.45, 7) is 6.67. The first-order valence-electron chi connectivity index (χ1n) is 13.1. The molecule has 3 aromatic carbocycles. The van der Waals surface area contributed by atoms with E-state index in [2.05, 4.69) is 48.7 Å². The summed E-state index contributed by atoms with van der Waals surface area (Å²) in [5, 5.41) is 8.82. The number of rotatable bonds is 8. The van der Waals surface area contributed by atoms with E-state index in [0.29, 0.717) is 23.7 Å². The Morgan fingerprint density at radius 2 is 1.62 bits per heavy atom. The molecule has 0 fully saturated rings. The van der Waals surface area contributed by atoms with Gasteiger partial charge in [-0.3, -0.25) is 9.59 Å². The van der Waals surface area contributed by atoms with Crippen molar-refractivity contribution in [2.24, 2.45) is 4.99 Å². The zero-order valence-corrected chi connectivity index (χ0v) is 23.2. The Morgan fingerprint density at radius 1 is 0.949 bits per heavy atom. The monoisotopic (exact) mass is 536 g/mol. The summed E-state index contributed by atoms with van der Waals surface area (Å²) in [5.74, 6) is 0.110. The number of amidine groups is 1. The van der Waals surface area contributed by atoms with E-state index in [0.717, 1.165) is 27.7 Å². The summed E-state index contributed by atoms with van der Waals surface area (Å²) >= 11 is 1.49.